The Morgan fingerprint density at radius 3 is 2.27 bits per heavy atom. The summed E-state index contributed by atoms with van der Waals surface area (Å²) in [6.45, 7) is 7.46. The third-order valence-corrected chi connectivity index (χ3v) is 14.1. The maximum absolute atomic E-state index is 14.5. The summed E-state index contributed by atoms with van der Waals surface area (Å²) in [7, 11) is -1.47. The van der Waals surface area contributed by atoms with Crippen LogP contribution >= 0.6 is 0 Å². The van der Waals surface area contributed by atoms with E-state index < -0.39 is 16.2 Å². The van der Waals surface area contributed by atoms with Gasteiger partial charge in [0.25, 0.3) is 0 Å². The molecule has 5 nitrogen and oxygen atoms in total. The van der Waals surface area contributed by atoms with Crippen LogP contribution in [0.25, 0.3) is 0 Å². The molecule has 0 bridgehead atoms. The molecule has 3 saturated carbocycles. The molecule has 214 valence electrons. The van der Waals surface area contributed by atoms with E-state index in [1.54, 1.807) is 0 Å². The van der Waals surface area contributed by atoms with Crippen LogP contribution in [0.15, 0.2) is 0 Å². The van der Waals surface area contributed by atoms with Crippen molar-refractivity contribution in [2.75, 3.05) is 33.4 Å². The van der Waals surface area contributed by atoms with Crippen molar-refractivity contribution in [1.82, 2.24) is 9.21 Å². The fourth-order valence-corrected chi connectivity index (χ4v) is 11.7. The predicted octanol–water partition coefficient (Wildman–Crippen LogP) is 5.89. The van der Waals surface area contributed by atoms with Gasteiger partial charge in [-0.2, -0.15) is 0 Å². The zero-order valence-corrected chi connectivity index (χ0v) is 24.5. The molecule has 2 saturated heterocycles. The van der Waals surface area contributed by atoms with Gasteiger partial charge < -0.3 is 4.74 Å². The van der Waals surface area contributed by atoms with Crippen LogP contribution in [0.2, 0.25) is 0 Å². The van der Waals surface area contributed by atoms with Gasteiger partial charge in [0.2, 0.25) is 10.0 Å². The van der Waals surface area contributed by atoms with E-state index in [9.17, 15) is 12.8 Å². The molecule has 5 fully saturated rings. The summed E-state index contributed by atoms with van der Waals surface area (Å²) in [4.78, 5) is 2.60. The second kappa shape index (κ2) is 12.1. The largest absolute Gasteiger partial charge is 0.383 e. The zero-order chi connectivity index (χ0) is 26.2. The molecule has 0 aromatic heterocycles. The van der Waals surface area contributed by atoms with Crippen molar-refractivity contribution in [1.29, 1.82) is 0 Å². The van der Waals surface area contributed by atoms with Gasteiger partial charge in [-0.3, -0.25) is 4.90 Å². The van der Waals surface area contributed by atoms with E-state index in [1.165, 1.54) is 38.5 Å². The minimum absolute atomic E-state index is 0.199. The Balaban J connectivity index is 1.28. The first-order valence-corrected chi connectivity index (χ1v) is 17.2. The van der Waals surface area contributed by atoms with E-state index in [-0.39, 0.29) is 17.1 Å². The first kappa shape index (κ1) is 28.3. The van der Waals surface area contributed by atoms with Crippen LogP contribution in [0, 0.1) is 35.5 Å². The zero-order valence-electron chi connectivity index (χ0n) is 23.7. The number of ether oxygens (including phenoxy) is 1. The summed E-state index contributed by atoms with van der Waals surface area (Å²) in [6.07, 6.45) is 13.4. The van der Waals surface area contributed by atoms with E-state index in [2.05, 4.69) is 18.7 Å². The normalized spacial score (nSPS) is 44.9. The molecule has 0 aromatic carbocycles. The highest BCUT2D eigenvalue weighted by Crippen LogP contribution is 2.49. The Morgan fingerprint density at radius 2 is 1.54 bits per heavy atom. The van der Waals surface area contributed by atoms with E-state index in [0.717, 1.165) is 58.1 Å². The second-order valence-electron chi connectivity index (χ2n) is 13.5. The second-order valence-corrected chi connectivity index (χ2v) is 15.6. The highest BCUT2D eigenvalue weighted by Gasteiger charge is 2.54. The fourth-order valence-electron chi connectivity index (χ4n) is 9.40. The van der Waals surface area contributed by atoms with Gasteiger partial charge in [0.15, 0.2) is 0 Å². The molecular formula is C30H53FN2O3S. The van der Waals surface area contributed by atoms with E-state index in [0.29, 0.717) is 48.8 Å². The van der Waals surface area contributed by atoms with Crippen LogP contribution in [0.5, 0.6) is 0 Å². The number of hydrogen-bond acceptors (Lipinski definition) is 4. The van der Waals surface area contributed by atoms with Crippen LogP contribution in [0.1, 0.15) is 97.3 Å². The summed E-state index contributed by atoms with van der Waals surface area (Å²) in [5, 5.41) is -0.199. The summed E-state index contributed by atoms with van der Waals surface area (Å²) in [6, 6.07) is 0.733. The summed E-state index contributed by atoms with van der Waals surface area (Å²) in [5.41, 5.74) is 0. The summed E-state index contributed by atoms with van der Waals surface area (Å²) >= 11 is 0. The summed E-state index contributed by atoms with van der Waals surface area (Å²) < 4.78 is 49.9. The lowest BCUT2D eigenvalue weighted by atomic mass is 9.61. The van der Waals surface area contributed by atoms with Crippen molar-refractivity contribution < 1.29 is 17.5 Å². The van der Waals surface area contributed by atoms with Crippen molar-refractivity contribution >= 4 is 10.0 Å². The van der Waals surface area contributed by atoms with Crippen LogP contribution < -0.4 is 0 Å². The molecule has 0 spiro atoms. The molecule has 6 unspecified atom stereocenters. The number of alkyl halides is 1. The van der Waals surface area contributed by atoms with Gasteiger partial charge in [-0.05, 0) is 106 Å². The molecular weight excluding hydrogens is 487 g/mol. The number of rotatable bonds is 6. The lowest BCUT2D eigenvalue weighted by Crippen LogP contribution is -2.71. The lowest BCUT2D eigenvalue weighted by molar-refractivity contribution is -0.128. The number of sulfonamides is 1. The molecule has 0 aromatic rings. The smallest absolute Gasteiger partial charge is 0.217 e. The number of methoxy groups -OCH3 is 1. The quantitative estimate of drug-likeness (QED) is 0.422. The molecule has 0 amide bonds. The number of fused-ring (bicyclic) bond motifs is 1. The molecule has 37 heavy (non-hydrogen) atoms. The molecule has 2 aliphatic heterocycles. The van der Waals surface area contributed by atoms with Gasteiger partial charge in [-0.1, -0.05) is 33.1 Å². The topological polar surface area (TPSA) is 49.9 Å². The first-order valence-electron chi connectivity index (χ1n) is 15.7. The molecule has 5 aliphatic rings. The molecule has 7 heteroatoms. The Kier molecular flexibility index (Phi) is 9.25. The lowest BCUT2D eigenvalue weighted by Gasteiger charge is -2.60. The van der Waals surface area contributed by atoms with Crippen LogP contribution in [-0.4, -0.2) is 74.5 Å². The number of hydrogen-bond donors (Lipinski definition) is 0. The maximum Gasteiger partial charge on any atom is 0.217 e. The van der Waals surface area contributed by atoms with Crippen LogP contribution in [-0.2, 0) is 14.8 Å². The van der Waals surface area contributed by atoms with Crippen molar-refractivity contribution in [2.24, 2.45) is 35.5 Å². The van der Waals surface area contributed by atoms with Crippen molar-refractivity contribution in [2.45, 2.75) is 121 Å². The Hall–Kier alpha value is -0.240. The average Bonchev–Trinajstić information content (AvgIpc) is 2.87. The monoisotopic (exact) mass is 540 g/mol. The van der Waals surface area contributed by atoms with Gasteiger partial charge >= 0.3 is 0 Å². The number of halogens is 1. The van der Waals surface area contributed by atoms with Gasteiger partial charge in [0, 0.05) is 32.3 Å². The SMILES string of the molecule is COC[C@@H]1[C@@H](C2CCC(C3CCCC(F)C3C)CC2)C2CN(S(=O)(=O)C3CCCCC3C)CCCCN21. The molecule has 5 rings (SSSR count). The Labute approximate surface area is 226 Å². The number of nitrogens with zero attached hydrogens (tertiary/aromatic N) is 2. The minimum atomic E-state index is -3.27. The standard InChI is InChI=1S/C30H53FN2O3S/c1-21-9-4-5-12-29(21)37(34,35)32-17-6-7-18-33-27(19-32)30(28(33)20-36-3)24-15-13-23(14-16-24)25-10-8-11-26(31)22(25)2/h21-30H,4-20H2,1-3H3/t21?,22?,23?,24?,25?,26?,27?,28-,29?,30+/m1/s1. The molecule has 0 N–H and O–H groups in total. The van der Waals surface area contributed by atoms with Crippen molar-refractivity contribution in [3.63, 3.8) is 0 Å². The van der Waals surface area contributed by atoms with Crippen molar-refractivity contribution in [3.05, 3.63) is 0 Å². The first-order chi connectivity index (χ1) is 17.8. The van der Waals surface area contributed by atoms with Crippen LogP contribution in [0.4, 0.5) is 4.39 Å². The van der Waals surface area contributed by atoms with E-state index >= 15 is 0 Å². The van der Waals surface area contributed by atoms with Gasteiger partial charge in [0.05, 0.1) is 11.9 Å². The van der Waals surface area contributed by atoms with Gasteiger partial charge in [-0.25, -0.2) is 17.1 Å². The molecule has 3 aliphatic carbocycles. The van der Waals surface area contributed by atoms with Crippen LogP contribution in [0.3, 0.4) is 0 Å². The Morgan fingerprint density at radius 1 is 0.838 bits per heavy atom. The maximum atomic E-state index is 14.5. The Bertz CT molecular complexity index is 848. The third kappa shape index (κ3) is 5.67. The predicted molar refractivity (Wildman–Crippen MR) is 148 cm³/mol. The third-order valence-electron chi connectivity index (χ3n) is 11.5. The molecule has 2 heterocycles. The van der Waals surface area contributed by atoms with Crippen molar-refractivity contribution in [3.8, 4) is 0 Å². The van der Waals surface area contributed by atoms with E-state index in [1.807, 2.05) is 11.4 Å². The van der Waals surface area contributed by atoms with Gasteiger partial charge in [0.1, 0.15) is 6.17 Å². The average molecular weight is 541 g/mol. The minimum Gasteiger partial charge on any atom is -0.383 e. The fraction of sp³-hybridized carbons (Fsp3) is 1.00. The highest BCUT2D eigenvalue weighted by molar-refractivity contribution is 7.89. The van der Waals surface area contributed by atoms with E-state index in [4.69, 9.17) is 4.74 Å². The van der Waals surface area contributed by atoms with Gasteiger partial charge in [-0.15, -0.1) is 0 Å². The highest BCUT2D eigenvalue weighted by atomic mass is 32.2. The summed E-state index contributed by atoms with van der Waals surface area (Å²) in [5.74, 6) is 2.84. The molecule has 8 atom stereocenters. The molecule has 0 radical (unpaired) electrons.